The Morgan fingerprint density at radius 1 is 1.25 bits per heavy atom. The average Bonchev–Trinajstić information content (AvgIpc) is 2.07. The highest BCUT2D eigenvalue weighted by Crippen LogP contribution is 2.18. The van der Waals surface area contributed by atoms with Gasteiger partial charge in [0.15, 0.2) is 0 Å². The molecule has 0 heteroatoms. The molecule has 0 bridgehead atoms. The van der Waals surface area contributed by atoms with Gasteiger partial charge in [0.1, 0.15) is 0 Å². The van der Waals surface area contributed by atoms with Gasteiger partial charge >= 0.3 is 0 Å². The Morgan fingerprint density at radius 3 is 2.25 bits per heavy atom. The third kappa shape index (κ3) is 3.56. The molecule has 0 unspecified atom stereocenters. The van der Waals surface area contributed by atoms with Crippen LogP contribution >= 0.6 is 0 Å². The predicted molar refractivity (Wildman–Crippen MR) is 57.2 cm³/mol. The molecule has 0 N–H and O–H groups in total. The minimum Gasteiger partial charge on any atom is -0.0991 e. The summed E-state index contributed by atoms with van der Waals surface area (Å²) in [5.74, 6) is 0. The predicted octanol–water partition coefficient (Wildman–Crippen LogP) is 4.26. The Balaban J connectivity index is 4.48. The summed E-state index contributed by atoms with van der Waals surface area (Å²) in [4.78, 5) is 0. The van der Waals surface area contributed by atoms with Crippen molar-refractivity contribution in [2.24, 2.45) is 0 Å². The van der Waals surface area contributed by atoms with E-state index in [-0.39, 0.29) is 0 Å². The van der Waals surface area contributed by atoms with Crippen LogP contribution < -0.4 is 0 Å². The van der Waals surface area contributed by atoms with Crippen molar-refractivity contribution >= 4 is 0 Å². The molecule has 68 valence electrons. The van der Waals surface area contributed by atoms with E-state index in [0.717, 1.165) is 6.42 Å². The highest BCUT2D eigenvalue weighted by molar-refractivity contribution is 5.32. The summed E-state index contributed by atoms with van der Waals surface area (Å²) in [6, 6.07) is 0. The van der Waals surface area contributed by atoms with Crippen LogP contribution in [0.25, 0.3) is 0 Å². The fraction of sp³-hybridized carbons (Fsp3) is 0.500. The fourth-order valence-corrected chi connectivity index (χ4v) is 1.38. The monoisotopic (exact) mass is 164 g/mol. The van der Waals surface area contributed by atoms with Crippen molar-refractivity contribution in [2.45, 2.75) is 40.0 Å². The first-order valence-corrected chi connectivity index (χ1v) is 4.77. The molecule has 0 saturated heterocycles. The Morgan fingerprint density at radius 2 is 1.92 bits per heavy atom. The van der Waals surface area contributed by atoms with Gasteiger partial charge in [0.25, 0.3) is 0 Å². The molecule has 0 heterocycles. The SMILES string of the molecule is C=C/C=C(CCC)\C(=C/C)CC. The average molecular weight is 164 g/mol. The van der Waals surface area contributed by atoms with Crippen LogP contribution in [0.4, 0.5) is 0 Å². The molecule has 0 aliphatic rings. The van der Waals surface area contributed by atoms with Gasteiger partial charge in [-0.05, 0) is 30.9 Å². The van der Waals surface area contributed by atoms with E-state index in [4.69, 9.17) is 0 Å². The normalized spacial score (nSPS) is 13.2. The highest BCUT2D eigenvalue weighted by atomic mass is 14.0. The first kappa shape index (κ1) is 11.2. The van der Waals surface area contributed by atoms with Crippen LogP contribution in [0, 0.1) is 0 Å². The minimum absolute atomic E-state index is 1.12. The third-order valence-corrected chi connectivity index (χ3v) is 1.98. The summed E-state index contributed by atoms with van der Waals surface area (Å²) in [5, 5.41) is 0. The summed E-state index contributed by atoms with van der Waals surface area (Å²) in [6.45, 7) is 10.2. The maximum absolute atomic E-state index is 3.73. The first-order valence-electron chi connectivity index (χ1n) is 4.77. The standard InChI is InChI=1S/C12H20/c1-5-9-12(10-6-2)11(7-3)8-4/h5,7,9H,1,6,8,10H2,2-4H3/b11-7-,12-9-. The molecule has 0 aromatic heterocycles. The molecule has 0 spiro atoms. The zero-order valence-electron chi connectivity index (χ0n) is 8.56. The third-order valence-electron chi connectivity index (χ3n) is 1.98. The summed E-state index contributed by atoms with van der Waals surface area (Å²) in [5.41, 5.74) is 2.90. The van der Waals surface area contributed by atoms with Crippen molar-refractivity contribution in [1.82, 2.24) is 0 Å². The molecular formula is C12H20. The van der Waals surface area contributed by atoms with Gasteiger partial charge in [-0.15, -0.1) is 0 Å². The minimum atomic E-state index is 1.12. The molecule has 0 aromatic carbocycles. The molecule has 0 atom stereocenters. The van der Waals surface area contributed by atoms with Gasteiger partial charge in [-0.2, -0.15) is 0 Å². The van der Waals surface area contributed by atoms with E-state index in [1.54, 1.807) is 0 Å². The summed E-state index contributed by atoms with van der Waals surface area (Å²) < 4.78 is 0. The van der Waals surface area contributed by atoms with E-state index in [1.165, 1.54) is 24.0 Å². The zero-order chi connectivity index (χ0) is 9.40. The molecule has 0 saturated carbocycles. The first-order chi connectivity index (χ1) is 5.79. The topological polar surface area (TPSA) is 0 Å². The Kier molecular flexibility index (Phi) is 6.45. The quantitative estimate of drug-likeness (QED) is 0.533. The second-order valence-electron chi connectivity index (χ2n) is 2.85. The zero-order valence-corrected chi connectivity index (χ0v) is 8.56. The van der Waals surface area contributed by atoms with Crippen LogP contribution in [-0.4, -0.2) is 0 Å². The van der Waals surface area contributed by atoms with Gasteiger partial charge in [-0.3, -0.25) is 0 Å². The van der Waals surface area contributed by atoms with Gasteiger partial charge in [0.2, 0.25) is 0 Å². The van der Waals surface area contributed by atoms with E-state index >= 15 is 0 Å². The largest absolute Gasteiger partial charge is 0.0991 e. The van der Waals surface area contributed by atoms with Crippen molar-refractivity contribution in [3.8, 4) is 0 Å². The molecule has 0 amide bonds. The lowest BCUT2D eigenvalue weighted by Gasteiger charge is -2.07. The second-order valence-corrected chi connectivity index (χ2v) is 2.85. The summed E-state index contributed by atoms with van der Waals surface area (Å²) >= 11 is 0. The number of rotatable bonds is 5. The summed E-state index contributed by atoms with van der Waals surface area (Å²) in [7, 11) is 0. The van der Waals surface area contributed by atoms with E-state index in [1.807, 2.05) is 6.08 Å². The lowest BCUT2D eigenvalue weighted by molar-refractivity contribution is 0.893. The van der Waals surface area contributed by atoms with Crippen molar-refractivity contribution < 1.29 is 0 Å². The number of hydrogen-bond donors (Lipinski definition) is 0. The molecule has 0 aliphatic heterocycles. The van der Waals surface area contributed by atoms with Gasteiger partial charge in [0, 0.05) is 0 Å². The number of hydrogen-bond acceptors (Lipinski definition) is 0. The molecular weight excluding hydrogens is 144 g/mol. The molecule has 12 heavy (non-hydrogen) atoms. The molecule has 0 nitrogen and oxygen atoms in total. The molecule has 0 aliphatic carbocycles. The number of allylic oxidation sites excluding steroid dienone is 5. The maximum Gasteiger partial charge on any atom is -0.0279 e. The molecule has 0 radical (unpaired) electrons. The smallest absolute Gasteiger partial charge is 0.0279 e. The highest BCUT2D eigenvalue weighted by Gasteiger charge is 1.98. The Labute approximate surface area is 76.7 Å². The van der Waals surface area contributed by atoms with Gasteiger partial charge < -0.3 is 0 Å². The van der Waals surface area contributed by atoms with Crippen molar-refractivity contribution in [3.05, 3.63) is 36.0 Å². The van der Waals surface area contributed by atoms with Crippen molar-refractivity contribution in [3.63, 3.8) is 0 Å². The molecule has 0 rings (SSSR count). The van der Waals surface area contributed by atoms with Gasteiger partial charge in [-0.25, -0.2) is 0 Å². The van der Waals surface area contributed by atoms with Gasteiger partial charge in [0.05, 0.1) is 0 Å². The van der Waals surface area contributed by atoms with Crippen LogP contribution in [0.1, 0.15) is 40.0 Å². The fourth-order valence-electron chi connectivity index (χ4n) is 1.38. The van der Waals surface area contributed by atoms with Crippen LogP contribution in [0.3, 0.4) is 0 Å². The maximum atomic E-state index is 3.73. The van der Waals surface area contributed by atoms with Crippen LogP contribution in [0.2, 0.25) is 0 Å². The van der Waals surface area contributed by atoms with Crippen molar-refractivity contribution in [1.29, 1.82) is 0 Å². The molecule has 0 aromatic rings. The van der Waals surface area contributed by atoms with Crippen LogP contribution in [0.5, 0.6) is 0 Å². The Hall–Kier alpha value is -0.780. The van der Waals surface area contributed by atoms with Gasteiger partial charge in [-0.1, -0.05) is 45.1 Å². The van der Waals surface area contributed by atoms with E-state index in [0.29, 0.717) is 0 Å². The van der Waals surface area contributed by atoms with Crippen LogP contribution in [0.15, 0.2) is 36.0 Å². The van der Waals surface area contributed by atoms with E-state index < -0.39 is 0 Å². The van der Waals surface area contributed by atoms with Crippen LogP contribution in [-0.2, 0) is 0 Å². The Bertz CT molecular complexity index is 182. The second kappa shape index (κ2) is 6.90. The lowest BCUT2D eigenvalue weighted by atomic mass is 9.99. The van der Waals surface area contributed by atoms with E-state index in [9.17, 15) is 0 Å². The van der Waals surface area contributed by atoms with E-state index in [2.05, 4.69) is 39.5 Å². The van der Waals surface area contributed by atoms with Crippen molar-refractivity contribution in [2.75, 3.05) is 0 Å². The molecule has 0 fully saturated rings. The summed E-state index contributed by atoms with van der Waals surface area (Å²) in [6.07, 6.45) is 9.70. The lowest BCUT2D eigenvalue weighted by Crippen LogP contribution is -1.87.